The molecule has 28 heavy (non-hydrogen) atoms. The summed E-state index contributed by atoms with van der Waals surface area (Å²) in [5.74, 6) is 0.359. The first kappa shape index (κ1) is 21.5. The van der Waals surface area contributed by atoms with Crippen molar-refractivity contribution in [2.24, 2.45) is 0 Å². The van der Waals surface area contributed by atoms with E-state index in [0.717, 1.165) is 5.56 Å². The Balaban J connectivity index is 1.91. The highest BCUT2D eigenvalue weighted by atomic mass is 32.2. The van der Waals surface area contributed by atoms with Crippen LogP contribution in [0.25, 0.3) is 6.08 Å². The number of carbonyl (C=O) groups is 1. The molecular formula is C20H23NO6S. The van der Waals surface area contributed by atoms with E-state index in [9.17, 15) is 13.2 Å². The minimum Gasteiger partial charge on any atom is -0.495 e. The lowest BCUT2D eigenvalue weighted by Crippen LogP contribution is -2.19. The molecule has 0 unspecified atom stereocenters. The molecule has 150 valence electrons. The SMILES string of the molecule is CNS(=O)(=O)c1cc(/C=C/C(=O)OCCOc2ccc(C)cc2)ccc1OC. The van der Waals surface area contributed by atoms with Gasteiger partial charge in [0.25, 0.3) is 0 Å². The predicted octanol–water partition coefficient (Wildman–Crippen LogP) is 2.55. The third-order valence-electron chi connectivity index (χ3n) is 3.78. The molecule has 2 rings (SSSR count). The highest BCUT2D eigenvalue weighted by Gasteiger charge is 2.17. The number of ether oxygens (including phenoxy) is 3. The molecule has 0 atom stereocenters. The van der Waals surface area contributed by atoms with E-state index in [2.05, 4.69) is 4.72 Å². The van der Waals surface area contributed by atoms with E-state index in [1.807, 2.05) is 31.2 Å². The van der Waals surface area contributed by atoms with E-state index in [-0.39, 0.29) is 23.9 Å². The summed E-state index contributed by atoms with van der Waals surface area (Å²) >= 11 is 0. The Labute approximate surface area is 165 Å². The number of rotatable bonds is 9. The average Bonchev–Trinajstić information content (AvgIpc) is 2.70. The van der Waals surface area contributed by atoms with Gasteiger partial charge in [0.2, 0.25) is 10.0 Å². The standard InChI is InChI=1S/C20H23NO6S/c1-15-4-8-17(9-5-15)26-12-13-27-20(22)11-7-16-6-10-18(25-3)19(14-16)28(23,24)21-2/h4-11,14,21H,12-13H2,1-3H3/b11-7+. The van der Waals surface area contributed by atoms with Crippen LogP contribution in [-0.2, 0) is 19.6 Å². The molecule has 0 radical (unpaired) electrons. The number of benzene rings is 2. The first-order valence-corrected chi connectivity index (χ1v) is 10.00. The van der Waals surface area contributed by atoms with Crippen molar-refractivity contribution in [3.8, 4) is 11.5 Å². The molecule has 0 aliphatic heterocycles. The van der Waals surface area contributed by atoms with Gasteiger partial charge < -0.3 is 14.2 Å². The van der Waals surface area contributed by atoms with Crippen LogP contribution in [0.1, 0.15) is 11.1 Å². The van der Waals surface area contributed by atoms with Crippen molar-refractivity contribution in [3.05, 3.63) is 59.7 Å². The number of hydrogen-bond donors (Lipinski definition) is 1. The van der Waals surface area contributed by atoms with Gasteiger partial charge in [-0.2, -0.15) is 0 Å². The molecule has 0 aliphatic carbocycles. The van der Waals surface area contributed by atoms with Gasteiger partial charge in [0.05, 0.1) is 7.11 Å². The average molecular weight is 405 g/mol. The van der Waals surface area contributed by atoms with E-state index < -0.39 is 16.0 Å². The number of sulfonamides is 1. The molecule has 0 spiro atoms. The molecule has 0 fully saturated rings. The first-order chi connectivity index (χ1) is 13.4. The molecule has 0 saturated heterocycles. The van der Waals surface area contributed by atoms with Crippen molar-refractivity contribution in [2.45, 2.75) is 11.8 Å². The number of nitrogens with one attached hydrogen (secondary N) is 1. The van der Waals surface area contributed by atoms with Crippen LogP contribution in [0.2, 0.25) is 0 Å². The van der Waals surface area contributed by atoms with Crippen LogP contribution in [0, 0.1) is 6.92 Å². The van der Waals surface area contributed by atoms with Crippen molar-refractivity contribution in [2.75, 3.05) is 27.4 Å². The van der Waals surface area contributed by atoms with Gasteiger partial charge in [-0.15, -0.1) is 0 Å². The van der Waals surface area contributed by atoms with Crippen LogP contribution in [-0.4, -0.2) is 41.8 Å². The molecule has 0 heterocycles. The summed E-state index contributed by atoms with van der Waals surface area (Å²) in [5.41, 5.74) is 1.65. The maximum atomic E-state index is 12.1. The Morgan fingerprint density at radius 3 is 2.46 bits per heavy atom. The molecule has 1 N–H and O–H groups in total. The maximum absolute atomic E-state index is 12.1. The van der Waals surface area contributed by atoms with Crippen LogP contribution >= 0.6 is 0 Å². The first-order valence-electron chi connectivity index (χ1n) is 8.51. The lowest BCUT2D eigenvalue weighted by Gasteiger charge is -2.09. The van der Waals surface area contributed by atoms with Gasteiger partial charge in [-0.05, 0) is 49.9 Å². The molecule has 0 aliphatic rings. The third-order valence-corrected chi connectivity index (χ3v) is 5.21. The van der Waals surface area contributed by atoms with E-state index in [4.69, 9.17) is 14.2 Å². The highest BCUT2D eigenvalue weighted by molar-refractivity contribution is 7.89. The van der Waals surface area contributed by atoms with Gasteiger partial charge in [0, 0.05) is 6.08 Å². The molecule has 0 saturated carbocycles. The largest absolute Gasteiger partial charge is 0.495 e. The number of methoxy groups -OCH3 is 1. The van der Waals surface area contributed by atoms with Gasteiger partial charge in [-0.3, -0.25) is 0 Å². The Bertz CT molecular complexity index is 936. The second-order valence-corrected chi connectivity index (χ2v) is 7.64. The van der Waals surface area contributed by atoms with Crippen LogP contribution in [0.5, 0.6) is 11.5 Å². The summed E-state index contributed by atoms with van der Waals surface area (Å²) in [7, 11) is -0.993. The summed E-state index contributed by atoms with van der Waals surface area (Å²) in [6.45, 7) is 2.31. The second-order valence-electron chi connectivity index (χ2n) is 5.78. The van der Waals surface area contributed by atoms with Crippen molar-refractivity contribution in [3.63, 3.8) is 0 Å². The maximum Gasteiger partial charge on any atom is 0.330 e. The summed E-state index contributed by atoms with van der Waals surface area (Å²) < 4.78 is 42.0. The molecular weight excluding hydrogens is 382 g/mol. The van der Waals surface area contributed by atoms with Gasteiger partial charge in [-0.25, -0.2) is 17.9 Å². The van der Waals surface area contributed by atoms with E-state index in [1.165, 1.54) is 38.4 Å². The minimum atomic E-state index is -3.69. The Hall–Kier alpha value is -2.84. The lowest BCUT2D eigenvalue weighted by molar-refractivity contribution is -0.138. The Morgan fingerprint density at radius 1 is 1.11 bits per heavy atom. The molecule has 7 nitrogen and oxygen atoms in total. The summed E-state index contributed by atoms with van der Waals surface area (Å²) in [5, 5.41) is 0. The number of aryl methyl sites for hydroxylation is 1. The molecule has 2 aromatic rings. The smallest absolute Gasteiger partial charge is 0.330 e. The zero-order valence-electron chi connectivity index (χ0n) is 16.0. The second kappa shape index (κ2) is 9.91. The number of hydrogen-bond acceptors (Lipinski definition) is 6. The van der Waals surface area contributed by atoms with Crippen LogP contribution in [0.15, 0.2) is 53.4 Å². The van der Waals surface area contributed by atoms with Gasteiger partial charge >= 0.3 is 5.97 Å². The predicted molar refractivity (Wildman–Crippen MR) is 106 cm³/mol. The summed E-state index contributed by atoms with van der Waals surface area (Å²) in [6.07, 6.45) is 2.70. The third kappa shape index (κ3) is 6.11. The van der Waals surface area contributed by atoms with Crippen molar-refractivity contribution in [1.82, 2.24) is 4.72 Å². The van der Waals surface area contributed by atoms with Crippen LogP contribution < -0.4 is 14.2 Å². The van der Waals surface area contributed by atoms with Gasteiger partial charge in [0.1, 0.15) is 29.6 Å². The fourth-order valence-corrected chi connectivity index (χ4v) is 3.19. The minimum absolute atomic E-state index is 0.0143. The Kier molecular flexibility index (Phi) is 7.60. The molecule has 0 bridgehead atoms. The van der Waals surface area contributed by atoms with Crippen molar-refractivity contribution in [1.29, 1.82) is 0 Å². The van der Waals surface area contributed by atoms with Gasteiger partial charge in [0.15, 0.2) is 0 Å². The van der Waals surface area contributed by atoms with Crippen molar-refractivity contribution >= 4 is 22.1 Å². The molecule has 0 amide bonds. The fraction of sp³-hybridized carbons (Fsp3) is 0.250. The zero-order chi connectivity index (χ0) is 20.6. The topological polar surface area (TPSA) is 90.9 Å². The Morgan fingerprint density at radius 2 is 1.82 bits per heavy atom. The fourth-order valence-electron chi connectivity index (χ4n) is 2.27. The quantitative estimate of drug-likeness (QED) is 0.392. The highest BCUT2D eigenvalue weighted by Crippen LogP contribution is 2.25. The van der Waals surface area contributed by atoms with Gasteiger partial charge in [-0.1, -0.05) is 23.8 Å². The lowest BCUT2D eigenvalue weighted by atomic mass is 10.2. The summed E-state index contributed by atoms with van der Waals surface area (Å²) in [6, 6.07) is 12.1. The normalized spacial score (nSPS) is 11.4. The molecule has 2 aromatic carbocycles. The van der Waals surface area contributed by atoms with E-state index in [0.29, 0.717) is 11.3 Å². The molecule has 0 aromatic heterocycles. The molecule has 8 heteroatoms. The zero-order valence-corrected chi connectivity index (χ0v) is 16.8. The van der Waals surface area contributed by atoms with Crippen molar-refractivity contribution < 1.29 is 27.4 Å². The van der Waals surface area contributed by atoms with Crippen LogP contribution in [0.4, 0.5) is 0 Å². The van der Waals surface area contributed by atoms with Crippen LogP contribution in [0.3, 0.4) is 0 Å². The monoisotopic (exact) mass is 405 g/mol. The van der Waals surface area contributed by atoms with E-state index in [1.54, 1.807) is 6.07 Å². The van der Waals surface area contributed by atoms with E-state index >= 15 is 0 Å². The summed E-state index contributed by atoms with van der Waals surface area (Å²) in [4.78, 5) is 11.8. The number of carbonyl (C=O) groups excluding carboxylic acids is 1. The number of esters is 1.